The minimum Gasteiger partial charge on any atom is -0.311 e. The Morgan fingerprint density at radius 3 is 2.78 bits per heavy atom. The van der Waals surface area contributed by atoms with Gasteiger partial charge in [0.25, 0.3) is 0 Å². The molecule has 1 aliphatic rings. The molecule has 1 aliphatic heterocycles. The highest BCUT2D eigenvalue weighted by molar-refractivity contribution is 5.20. The van der Waals surface area contributed by atoms with Gasteiger partial charge in [0, 0.05) is 31.2 Å². The van der Waals surface area contributed by atoms with E-state index in [9.17, 15) is 0 Å². The molecule has 1 aromatic carbocycles. The number of piperazine rings is 1. The SMILES string of the molecule is CC1CN(C(CC#N)c2ccccc2)C(C)CN1. The fraction of sp³-hybridized carbons (Fsp3) is 0.533. The van der Waals surface area contributed by atoms with Crippen molar-refractivity contribution in [1.29, 1.82) is 5.26 Å². The van der Waals surface area contributed by atoms with E-state index in [0.717, 1.165) is 13.1 Å². The summed E-state index contributed by atoms with van der Waals surface area (Å²) in [5.74, 6) is 0. The van der Waals surface area contributed by atoms with Gasteiger partial charge < -0.3 is 5.32 Å². The first-order valence-electron chi connectivity index (χ1n) is 6.63. The fourth-order valence-corrected chi connectivity index (χ4v) is 2.67. The van der Waals surface area contributed by atoms with E-state index in [1.54, 1.807) is 0 Å². The predicted molar refractivity (Wildman–Crippen MR) is 73.0 cm³/mol. The quantitative estimate of drug-likeness (QED) is 0.885. The molecule has 1 fully saturated rings. The molecular weight excluding hydrogens is 222 g/mol. The molecule has 0 aromatic heterocycles. The molecular formula is C15H21N3. The van der Waals surface area contributed by atoms with Crippen molar-refractivity contribution in [1.82, 2.24) is 10.2 Å². The van der Waals surface area contributed by atoms with Crippen LogP contribution in [0, 0.1) is 11.3 Å². The van der Waals surface area contributed by atoms with Crippen LogP contribution >= 0.6 is 0 Å². The summed E-state index contributed by atoms with van der Waals surface area (Å²) in [4.78, 5) is 2.46. The molecule has 0 radical (unpaired) electrons. The van der Waals surface area contributed by atoms with E-state index in [1.165, 1.54) is 5.56 Å². The topological polar surface area (TPSA) is 39.1 Å². The van der Waals surface area contributed by atoms with Crippen molar-refractivity contribution in [2.24, 2.45) is 0 Å². The number of nitrogens with one attached hydrogen (secondary N) is 1. The van der Waals surface area contributed by atoms with Gasteiger partial charge in [-0.2, -0.15) is 5.26 Å². The lowest BCUT2D eigenvalue weighted by molar-refractivity contribution is 0.0964. The maximum atomic E-state index is 9.09. The van der Waals surface area contributed by atoms with E-state index in [2.05, 4.69) is 54.4 Å². The highest BCUT2D eigenvalue weighted by Gasteiger charge is 2.29. The van der Waals surface area contributed by atoms with Crippen LogP contribution < -0.4 is 5.32 Å². The van der Waals surface area contributed by atoms with E-state index in [-0.39, 0.29) is 6.04 Å². The predicted octanol–water partition coefficient (Wildman–Crippen LogP) is 2.32. The molecule has 1 N–H and O–H groups in total. The molecule has 0 amide bonds. The number of rotatable bonds is 3. The van der Waals surface area contributed by atoms with Gasteiger partial charge in [-0.1, -0.05) is 30.3 Å². The monoisotopic (exact) mass is 243 g/mol. The molecule has 0 spiro atoms. The van der Waals surface area contributed by atoms with Crippen molar-refractivity contribution >= 4 is 0 Å². The first-order chi connectivity index (χ1) is 8.72. The molecule has 18 heavy (non-hydrogen) atoms. The molecule has 3 unspecified atom stereocenters. The Labute approximate surface area is 109 Å². The van der Waals surface area contributed by atoms with Gasteiger partial charge in [0.05, 0.1) is 12.5 Å². The number of nitriles is 1. The molecule has 1 aromatic rings. The van der Waals surface area contributed by atoms with Gasteiger partial charge in [-0.05, 0) is 19.4 Å². The van der Waals surface area contributed by atoms with Gasteiger partial charge in [0.2, 0.25) is 0 Å². The Hall–Kier alpha value is -1.37. The third kappa shape index (κ3) is 2.90. The van der Waals surface area contributed by atoms with Gasteiger partial charge in [-0.15, -0.1) is 0 Å². The second-order valence-corrected chi connectivity index (χ2v) is 5.14. The normalized spacial score (nSPS) is 26.5. The molecule has 0 bridgehead atoms. The molecule has 2 rings (SSSR count). The minimum atomic E-state index is 0.218. The standard InChI is InChI=1S/C15H21N3/c1-12-11-18(13(2)10-17-12)15(8-9-16)14-6-4-3-5-7-14/h3-7,12-13,15,17H,8,10-11H2,1-2H3. The summed E-state index contributed by atoms with van der Waals surface area (Å²) >= 11 is 0. The summed E-state index contributed by atoms with van der Waals surface area (Å²) < 4.78 is 0. The summed E-state index contributed by atoms with van der Waals surface area (Å²) in [5.41, 5.74) is 1.25. The van der Waals surface area contributed by atoms with Gasteiger partial charge in [0.1, 0.15) is 0 Å². The molecule has 1 saturated heterocycles. The first kappa shape index (κ1) is 13.1. The van der Waals surface area contributed by atoms with Crippen molar-refractivity contribution in [3.8, 4) is 6.07 Å². The molecule has 3 atom stereocenters. The van der Waals surface area contributed by atoms with Crippen LogP contribution in [0.15, 0.2) is 30.3 Å². The highest BCUT2D eigenvalue weighted by atomic mass is 15.2. The largest absolute Gasteiger partial charge is 0.311 e. The molecule has 96 valence electrons. The van der Waals surface area contributed by atoms with Crippen LogP contribution in [0.3, 0.4) is 0 Å². The maximum Gasteiger partial charge on any atom is 0.0641 e. The second-order valence-electron chi connectivity index (χ2n) is 5.14. The molecule has 0 aliphatic carbocycles. The zero-order valence-corrected chi connectivity index (χ0v) is 11.1. The lowest BCUT2D eigenvalue weighted by atomic mass is 9.98. The third-order valence-electron chi connectivity index (χ3n) is 3.68. The summed E-state index contributed by atoms with van der Waals surface area (Å²) in [7, 11) is 0. The van der Waals surface area contributed by atoms with E-state index >= 15 is 0 Å². The number of nitrogens with zero attached hydrogens (tertiary/aromatic N) is 2. The Morgan fingerprint density at radius 1 is 1.39 bits per heavy atom. The zero-order valence-electron chi connectivity index (χ0n) is 11.1. The lowest BCUT2D eigenvalue weighted by Crippen LogP contribution is -2.55. The van der Waals surface area contributed by atoms with Crippen LogP contribution in [0.4, 0.5) is 0 Å². The number of benzene rings is 1. The Bertz CT molecular complexity index is 409. The van der Waals surface area contributed by atoms with Crippen molar-refractivity contribution in [2.45, 2.75) is 38.4 Å². The van der Waals surface area contributed by atoms with Crippen LogP contribution in [0.2, 0.25) is 0 Å². The van der Waals surface area contributed by atoms with Crippen LogP contribution in [-0.4, -0.2) is 30.1 Å². The summed E-state index contributed by atoms with van der Waals surface area (Å²) in [6.45, 7) is 6.43. The maximum absolute atomic E-state index is 9.09. The fourth-order valence-electron chi connectivity index (χ4n) is 2.67. The smallest absolute Gasteiger partial charge is 0.0641 e. The van der Waals surface area contributed by atoms with Crippen molar-refractivity contribution < 1.29 is 0 Å². The Morgan fingerprint density at radius 2 is 2.11 bits per heavy atom. The molecule has 1 heterocycles. The molecule has 0 saturated carbocycles. The molecule has 3 heteroatoms. The Balaban J connectivity index is 2.22. The van der Waals surface area contributed by atoms with Gasteiger partial charge in [0.15, 0.2) is 0 Å². The van der Waals surface area contributed by atoms with Crippen molar-refractivity contribution in [3.05, 3.63) is 35.9 Å². The van der Waals surface area contributed by atoms with Crippen LogP contribution in [-0.2, 0) is 0 Å². The Kier molecular flexibility index (Phi) is 4.35. The summed E-state index contributed by atoms with van der Waals surface area (Å²) in [5, 5.41) is 12.6. The summed E-state index contributed by atoms with van der Waals surface area (Å²) in [6.07, 6.45) is 0.557. The van der Waals surface area contributed by atoms with Crippen molar-refractivity contribution in [3.63, 3.8) is 0 Å². The third-order valence-corrected chi connectivity index (χ3v) is 3.68. The average molecular weight is 243 g/mol. The minimum absolute atomic E-state index is 0.218. The van der Waals surface area contributed by atoms with Crippen molar-refractivity contribution in [2.75, 3.05) is 13.1 Å². The van der Waals surface area contributed by atoms with Crippen LogP contribution in [0.25, 0.3) is 0 Å². The zero-order chi connectivity index (χ0) is 13.0. The second kappa shape index (κ2) is 5.99. The van der Waals surface area contributed by atoms with Crippen LogP contribution in [0.5, 0.6) is 0 Å². The van der Waals surface area contributed by atoms with E-state index in [1.807, 2.05) is 6.07 Å². The number of hydrogen-bond acceptors (Lipinski definition) is 3. The lowest BCUT2D eigenvalue weighted by Gasteiger charge is -2.42. The summed E-state index contributed by atoms with van der Waals surface area (Å²) in [6, 6.07) is 13.9. The van der Waals surface area contributed by atoms with Crippen LogP contribution in [0.1, 0.15) is 31.9 Å². The van der Waals surface area contributed by atoms with Gasteiger partial charge >= 0.3 is 0 Å². The van der Waals surface area contributed by atoms with Gasteiger partial charge in [-0.25, -0.2) is 0 Å². The molecule has 3 nitrogen and oxygen atoms in total. The highest BCUT2D eigenvalue weighted by Crippen LogP contribution is 2.27. The first-order valence-corrected chi connectivity index (χ1v) is 6.63. The van der Waals surface area contributed by atoms with E-state index in [4.69, 9.17) is 5.26 Å². The van der Waals surface area contributed by atoms with E-state index in [0.29, 0.717) is 18.5 Å². The average Bonchev–Trinajstić information content (AvgIpc) is 2.40. The number of hydrogen-bond donors (Lipinski definition) is 1. The van der Waals surface area contributed by atoms with Gasteiger partial charge in [-0.3, -0.25) is 4.90 Å². The van der Waals surface area contributed by atoms with E-state index < -0.39 is 0 Å².